The second kappa shape index (κ2) is 3.24. The summed E-state index contributed by atoms with van der Waals surface area (Å²) in [6.07, 6.45) is 8.65. The highest BCUT2D eigenvalue weighted by Gasteiger charge is 2.30. The number of aliphatic imine (C=N–C) groups is 1. The lowest BCUT2D eigenvalue weighted by atomic mass is 9.82. The molecule has 1 aliphatic carbocycles. The number of rotatable bonds is 0. The van der Waals surface area contributed by atoms with E-state index >= 15 is 0 Å². The summed E-state index contributed by atoms with van der Waals surface area (Å²) in [5.41, 5.74) is 2.86. The highest BCUT2D eigenvalue weighted by atomic mass is 15.1. The second-order valence-corrected chi connectivity index (χ2v) is 4.12. The van der Waals surface area contributed by atoms with Gasteiger partial charge in [0.2, 0.25) is 0 Å². The van der Waals surface area contributed by atoms with E-state index in [1.807, 2.05) is 12.3 Å². The van der Waals surface area contributed by atoms with Crippen molar-refractivity contribution in [1.29, 1.82) is 0 Å². The maximum atomic E-state index is 4.51. The summed E-state index contributed by atoms with van der Waals surface area (Å²) in [6, 6.07) is 0.428. The SMILES string of the molecule is C1=CC2=C3NCNCC3CCC2N=C1. The fourth-order valence-corrected chi connectivity index (χ4v) is 2.58. The van der Waals surface area contributed by atoms with Gasteiger partial charge in [-0.3, -0.25) is 10.3 Å². The number of allylic oxidation sites excluding steroid dienone is 1. The summed E-state index contributed by atoms with van der Waals surface area (Å²) in [5, 5.41) is 6.84. The molecule has 14 heavy (non-hydrogen) atoms. The van der Waals surface area contributed by atoms with Gasteiger partial charge in [0, 0.05) is 24.4 Å². The molecule has 74 valence electrons. The van der Waals surface area contributed by atoms with Crippen LogP contribution in [0.2, 0.25) is 0 Å². The normalized spacial score (nSPS) is 34.9. The molecular formula is C11H15N3. The lowest BCUT2D eigenvalue weighted by molar-refractivity contribution is 0.372. The van der Waals surface area contributed by atoms with Crippen LogP contribution >= 0.6 is 0 Å². The van der Waals surface area contributed by atoms with Crippen molar-refractivity contribution in [1.82, 2.24) is 10.6 Å². The largest absolute Gasteiger partial charge is 0.375 e. The fraction of sp³-hybridized carbons (Fsp3) is 0.545. The van der Waals surface area contributed by atoms with E-state index in [2.05, 4.69) is 21.7 Å². The molecular weight excluding hydrogens is 174 g/mol. The Labute approximate surface area is 84.0 Å². The minimum absolute atomic E-state index is 0.428. The molecule has 3 nitrogen and oxygen atoms in total. The monoisotopic (exact) mass is 189 g/mol. The molecule has 2 unspecified atom stereocenters. The zero-order chi connectivity index (χ0) is 9.38. The topological polar surface area (TPSA) is 36.4 Å². The van der Waals surface area contributed by atoms with Crippen LogP contribution in [0.5, 0.6) is 0 Å². The summed E-state index contributed by atoms with van der Waals surface area (Å²) in [4.78, 5) is 4.51. The average Bonchev–Trinajstić information content (AvgIpc) is 2.29. The number of hydrogen-bond donors (Lipinski definition) is 2. The van der Waals surface area contributed by atoms with E-state index in [1.165, 1.54) is 24.1 Å². The Hall–Kier alpha value is -1.09. The molecule has 2 heterocycles. The van der Waals surface area contributed by atoms with E-state index in [0.717, 1.165) is 13.2 Å². The van der Waals surface area contributed by atoms with Crippen LogP contribution in [0, 0.1) is 5.92 Å². The number of fused-ring (bicyclic) bond motifs is 2. The van der Waals surface area contributed by atoms with E-state index in [4.69, 9.17) is 0 Å². The molecule has 1 saturated heterocycles. The molecule has 0 saturated carbocycles. The van der Waals surface area contributed by atoms with Gasteiger partial charge in [-0.05, 0) is 24.5 Å². The Morgan fingerprint density at radius 1 is 1.36 bits per heavy atom. The third-order valence-corrected chi connectivity index (χ3v) is 3.29. The fourth-order valence-electron chi connectivity index (χ4n) is 2.58. The van der Waals surface area contributed by atoms with Gasteiger partial charge in [-0.1, -0.05) is 6.08 Å². The van der Waals surface area contributed by atoms with E-state index in [1.54, 1.807) is 0 Å². The highest BCUT2D eigenvalue weighted by molar-refractivity contribution is 5.74. The minimum atomic E-state index is 0.428. The molecule has 0 amide bonds. The second-order valence-electron chi connectivity index (χ2n) is 4.12. The quantitative estimate of drug-likeness (QED) is 0.591. The van der Waals surface area contributed by atoms with Crippen LogP contribution in [0.3, 0.4) is 0 Å². The third-order valence-electron chi connectivity index (χ3n) is 3.29. The molecule has 2 N–H and O–H groups in total. The molecule has 0 aromatic heterocycles. The van der Waals surface area contributed by atoms with Gasteiger partial charge in [0.25, 0.3) is 0 Å². The van der Waals surface area contributed by atoms with Crippen LogP contribution in [0.1, 0.15) is 12.8 Å². The molecule has 0 bridgehead atoms. The molecule has 0 spiro atoms. The Kier molecular flexibility index (Phi) is 1.91. The van der Waals surface area contributed by atoms with Crippen LogP contribution in [0.15, 0.2) is 28.4 Å². The van der Waals surface area contributed by atoms with Gasteiger partial charge in [0.1, 0.15) is 0 Å². The molecule has 3 aliphatic rings. The summed E-state index contributed by atoms with van der Waals surface area (Å²) in [5.74, 6) is 0.688. The van der Waals surface area contributed by atoms with Crippen LogP contribution in [0.25, 0.3) is 0 Å². The Morgan fingerprint density at radius 3 is 3.36 bits per heavy atom. The van der Waals surface area contributed by atoms with Crippen LogP contribution in [-0.4, -0.2) is 25.5 Å². The number of nitrogens with one attached hydrogen (secondary N) is 2. The number of dihydropyridines is 1. The van der Waals surface area contributed by atoms with Crippen molar-refractivity contribution in [3.8, 4) is 0 Å². The van der Waals surface area contributed by atoms with E-state index in [9.17, 15) is 0 Å². The van der Waals surface area contributed by atoms with Gasteiger partial charge in [0.05, 0.1) is 12.7 Å². The first kappa shape index (κ1) is 8.24. The summed E-state index contributed by atoms with van der Waals surface area (Å²) in [7, 11) is 0. The molecule has 2 atom stereocenters. The molecule has 1 fully saturated rings. The summed E-state index contributed by atoms with van der Waals surface area (Å²) >= 11 is 0. The number of nitrogens with zero attached hydrogens (tertiary/aromatic N) is 1. The van der Waals surface area contributed by atoms with Crippen molar-refractivity contribution < 1.29 is 0 Å². The maximum absolute atomic E-state index is 4.51. The van der Waals surface area contributed by atoms with Gasteiger partial charge in [-0.2, -0.15) is 0 Å². The lowest BCUT2D eigenvalue weighted by Crippen LogP contribution is -2.45. The van der Waals surface area contributed by atoms with Crippen molar-refractivity contribution in [2.45, 2.75) is 18.9 Å². The molecule has 2 aliphatic heterocycles. The zero-order valence-corrected chi connectivity index (χ0v) is 8.16. The first-order chi connectivity index (χ1) is 6.95. The predicted molar refractivity (Wildman–Crippen MR) is 57.2 cm³/mol. The van der Waals surface area contributed by atoms with Gasteiger partial charge in [-0.15, -0.1) is 0 Å². The van der Waals surface area contributed by atoms with E-state index in [0.29, 0.717) is 12.0 Å². The van der Waals surface area contributed by atoms with E-state index < -0.39 is 0 Å². The highest BCUT2D eigenvalue weighted by Crippen LogP contribution is 2.33. The standard InChI is InChI=1S/C11H15N3/c1-2-9-10(13-5-1)4-3-8-6-12-7-14-11(8)9/h1-2,5,8,10,12,14H,3-4,6-7H2. The van der Waals surface area contributed by atoms with Gasteiger partial charge in [-0.25, -0.2) is 0 Å². The van der Waals surface area contributed by atoms with Gasteiger partial charge in [0.15, 0.2) is 0 Å². The van der Waals surface area contributed by atoms with Crippen molar-refractivity contribution >= 4 is 6.21 Å². The summed E-state index contributed by atoms with van der Waals surface area (Å²) < 4.78 is 0. The smallest absolute Gasteiger partial charge is 0.0766 e. The maximum Gasteiger partial charge on any atom is 0.0766 e. The Morgan fingerprint density at radius 2 is 2.36 bits per heavy atom. The average molecular weight is 189 g/mol. The van der Waals surface area contributed by atoms with Crippen molar-refractivity contribution in [3.63, 3.8) is 0 Å². The molecule has 0 aromatic rings. The third kappa shape index (κ3) is 1.20. The van der Waals surface area contributed by atoms with Crippen molar-refractivity contribution in [3.05, 3.63) is 23.4 Å². The Balaban J connectivity index is 2.00. The molecule has 3 heteroatoms. The predicted octanol–water partition coefficient (Wildman–Crippen LogP) is 0.810. The summed E-state index contributed by atoms with van der Waals surface area (Å²) in [6.45, 7) is 2.02. The lowest BCUT2D eigenvalue weighted by Gasteiger charge is -2.36. The zero-order valence-electron chi connectivity index (χ0n) is 8.16. The minimum Gasteiger partial charge on any atom is -0.375 e. The van der Waals surface area contributed by atoms with Crippen LogP contribution in [0.4, 0.5) is 0 Å². The molecule has 0 radical (unpaired) electrons. The van der Waals surface area contributed by atoms with Crippen molar-refractivity contribution in [2.75, 3.05) is 13.2 Å². The number of hydrogen-bond acceptors (Lipinski definition) is 3. The molecule has 3 rings (SSSR count). The first-order valence-corrected chi connectivity index (χ1v) is 5.33. The van der Waals surface area contributed by atoms with Crippen molar-refractivity contribution in [2.24, 2.45) is 10.9 Å². The van der Waals surface area contributed by atoms with E-state index in [-0.39, 0.29) is 0 Å². The van der Waals surface area contributed by atoms with Gasteiger partial charge >= 0.3 is 0 Å². The molecule has 0 aromatic carbocycles. The Bertz CT molecular complexity index is 327. The van der Waals surface area contributed by atoms with Gasteiger partial charge < -0.3 is 5.32 Å². The van der Waals surface area contributed by atoms with Crippen LogP contribution < -0.4 is 10.6 Å². The first-order valence-electron chi connectivity index (χ1n) is 5.33. The van der Waals surface area contributed by atoms with Crippen LogP contribution in [-0.2, 0) is 0 Å².